The minimum Gasteiger partial charge on any atom is -0.518 e. The van der Waals surface area contributed by atoms with Crippen LogP contribution in [0, 0.1) is 0 Å². The second-order valence-electron chi connectivity index (χ2n) is 4.32. The quantitative estimate of drug-likeness (QED) is 0.459. The average molecular weight is 158 g/mol. The summed E-state index contributed by atoms with van der Waals surface area (Å²) in [7, 11) is -1.62. The molecule has 1 N–H and O–H groups in total. The van der Waals surface area contributed by atoms with E-state index in [1.54, 1.807) is 0 Å². The fourth-order valence-electron chi connectivity index (χ4n) is 0.433. The molecule has 0 aliphatic heterocycles. The van der Waals surface area contributed by atoms with Gasteiger partial charge in [0.15, 0.2) is 0 Å². The van der Waals surface area contributed by atoms with Crippen molar-refractivity contribution in [1.82, 2.24) is 0 Å². The lowest BCUT2D eigenvalue weighted by atomic mass is 10.2. The van der Waals surface area contributed by atoms with Gasteiger partial charge in [-0.05, 0) is 5.04 Å². The fourth-order valence-corrected chi connectivity index (χ4v) is 1.30. The highest BCUT2D eigenvalue weighted by atomic mass is 28.3. The van der Waals surface area contributed by atoms with E-state index in [4.69, 9.17) is 0 Å². The first-order chi connectivity index (χ1) is 4.19. The van der Waals surface area contributed by atoms with Gasteiger partial charge in [0, 0.05) is 0 Å². The van der Waals surface area contributed by atoms with Gasteiger partial charge in [-0.1, -0.05) is 40.4 Å². The number of rotatable bonds is 1. The Bertz CT molecular complexity index is 142. The minimum absolute atomic E-state index is 0.207. The summed E-state index contributed by atoms with van der Waals surface area (Å²) in [5.41, 5.74) is 0. The first-order valence-electron chi connectivity index (χ1n) is 3.58. The molecule has 10 heavy (non-hydrogen) atoms. The van der Waals surface area contributed by atoms with Gasteiger partial charge in [0.25, 0.3) is 0 Å². The van der Waals surface area contributed by atoms with Crippen LogP contribution in [0.25, 0.3) is 0 Å². The molecule has 0 aliphatic rings. The topological polar surface area (TPSA) is 20.2 Å². The Morgan fingerprint density at radius 2 is 1.60 bits per heavy atom. The zero-order chi connectivity index (χ0) is 8.58. The summed E-state index contributed by atoms with van der Waals surface area (Å²) in [6.07, 6.45) is 0. The normalized spacial score (nSPS) is 13.3. The lowest BCUT2D eigenvalue weighted by Crippen LogP contribution is -2.39. The zero-order valence-corrected chi connectivity index (χ0v) is 8.65. The van der Waals surface area contributed by atoms with E-state index in [0.29, 0.717) is 5.38 Å². The van der Waals surface area contributed by atoms with Gasteiger partial charge < -0.3 is 5.11 Å². The maximum absolute atomic E-state index is 9.28. The third-order valence-electron chi connectivity index (χ3n) is 2.60. The minimum atomic E-state index is -1.62. The van der Waals surface area contributed by atoms with Crippen LogP contribution in [0.3, 0.4) is 0 Å². The van der Waals surface area contributed by atoms with E-state index >= 15 is 0 Å². The molecule has 0 rings (SSSR count). The first kappa shape index (κ1) is 9.76. The summed E-state index contributed by atoms with van der Waals surface area (Å²) in [5.74, 6) is 0. The predicted octanol–water partition coefficient (Wildman–Crippen LogP) is 3.11. The molecule has 2 heteroatoms. The van der Waals surface area contributed by atoms with E-state index < -0.39 is 8.07 Å². The lowest BCUT2D eigenvalue weighted by molar-refractivity contribution is 0.439. The van der Waals surface area contributed by atoms with E-state index in [2.05, 4.69) is 40.4 Å². The van der Waals surface area contributed by atoms with Gasteiger partial charge in [0.1, 0.15) is 8.07 Å². The maximum Gasteiger partial charge on any atom is 0.129 e. The Labute approximate surface area is 64.8 Å². The Kier molecular flexibility index (Phi) is 2.36. The number of hydrogen-bond donors (Lipinski definition) is 1. The van der Waals surface area contributed by atoms with E-state index in [9.17, 15) is 5.11 Å². The summed E-state index contributed by atoms with van der Waals surface area (Å²) in [6.45, 7) is 14.3. The summed E-state index contributed by atoms with van der Waals surface area (Å²) >= 11 is 0. The van der Waals surface area contributed by atoms with Crippen molar-refractivity contribution in [3.63, 3.8) is 0 Å². The van der Waals surface area contributed by atoms with E-state index in [-0.39, 0.29) is 5.04 Å². The summed E-state index contributed by atoms with van der Waals surface area (Å²) in [5, 5.41) is 9.89. The molecule has 0 atom stereocenters. The van der Waals surface area contributed by atoms with Gasteiger partial charge in [-0.3, -0.25) is 0 Å². The van der Waals surface area contributed by atoms with Crippen molar-refractivity contribution in [2.24, 2.45) is 0 Å². The third-order valence-corrected chi connectivity index (χ3v) is 7.79. The van der Waals surface area contributed by atoms with Gasteiger partial charge in [-0.2, -0.15) is 0 Å². The molecule has 0 aromatic rings. The predicted molar refractivity (Wildman–Crippen MR) is 49.0 cm³/mol. The molecule has 1 nitrogen and oxygen atoms in total. The smallest absolute Gasteiger partial charge is 0.129 e. The molecular formula is C8H18OSi. The molecule has 0 heterocycles. The average Bonchev–Trinajstić information content (AvgIpc) is 1.62. The van der Waals surface area contributed by atoms with Crippen LogP contribution in [-0.4, -0.2) is 13.2 Å². The number of aliphatic hydroxyl groups is 1. The summed E-state index contributed by atoms with van der Waals surface area (Å²) in [6, 6.07) is 0. The Morgan fingerprint density at radius 3 is 1.60 bits per heavy atom. The Morgan fingerprint density at radius 1 is 1.30 bits per heavy atom. The van der Waals surface area contributed by atoms with Gasteiger partial charge >= 0.3 is 0 Å². The highest BCUT2D eigenvalue weighted by molar-refractivity contribution is 6.86. The largest absolute Gasteiger partial charge is 0.518 e. The molecule has 0 fully saturated rings. The molecule has 0 spiro atoms. The van der Waals surface area contributed by atoms with Crippen LogP contribution in [0.1, 0.15) is 20.8 Å². The van der Waals surface area contributed by atoms with Crippen LogP contribution in [0.15, 0.2) is 12.0 Å². The molecule has 0 amide bonds. The van der Waals surface area contributed by atoms with Crippen LogP contribution in [0.2, 0.25) is 18.1 Å². The van der Waals surface area contributed by atoms with Crippen molar-refractivity contribution in [3.8, 4) is 0 Å². The number of hydrogen-bond acceptors (Lipinski definition) is 1. The fraction of sp³-hybridized carbons (Fsp3) is 0.750. The molecule has 0 aromatic carbocycles. The van der Waals surface area contributed by atoms with Gasteiger partial charge in [0.05, 0.1) is 5.38 Å². The molecule has 0 aliphatic carbocycles. The van der Waals surface area contributed by atoms with E-state index in [1.807, 2.05) is 0 Å². The molecular weight excluding hydrogens is 140 g/mol. The first-order valence-corrected chi connectivity index (χ1v) is 6.58. The van der Waals surface area contributed by atoms with Gasteiger partial charge in [0.2, 0.25) is 0 Å². The van der Waals surface area contributed by atoms with Crippen molar-refractivity contribution in [1.29, 1.82) is 0 Å². The van der Waals surface area contributed by atoms with Crippen LogP contribution >= 0.6 is 0 Å². The second-order valence-corrected chi connectivity index (χ2v) is 9.65. The molecule has 0 unspecified atom stereocenters. The van der Waals surface area contributed by atoms with Crippen molar-refractivity contribution < 1.29 is 5.11 Å². The molecule has 0 bridgehead atoms. The van der Waals surface area contributed by atoms with Crippen LogP contribution < -0.4 is 0 Å². The van der Waals surface area contributed by atoms with Crippen molar-refractivity contribution in [3.05, 3.63) is 12.0 Å². The second kappa shape index (κ2) is 2.42. The maximum atomic E-state index is 9.28. The van der Waals surface area contributed by atoms with Crippen LogP contribution in [0.5, 0.6) is 0 Å². The van der Waals surface area contributed by atoms with Crippen molar-refractivity contribution in [2.75, 3.05) is 0 Å². The van der Waals surface area contributed by atoms with Crippen molar-refractivity contribution >= 4 is 8.07 Å². The zero-order valence-electron chi connectivity index (χ0n) is 7.65. The summed E-state index contributed by atoms with van der Waals surface area (Å²) in [4.78, 5) is 0. The molecule has 60 valence electrons. The SMILES string of the molecule is C=C(O)[Si](C)(C)C(C)(C)C. The van der Waals surface area contributed by atoms with E-state index in [0.717, 1.165) is 0 Å². The standard InChI is InChI=1S/C8H18OSi/c1-7(9)10(5,6)8(2,3)4/h9H,1H2,2-6H3. The third kappa shape index (κ3) is 1.63. The molecule has 0 saturated carbocycles. The van der Waals surface area contributed by atoms with Gasteiger partial charge in [-0.15, -0.1) is 0 Å². The van der Waals surface area contributed by atoms with Gasteiger partial charge in [-0.25, -0.2) is 0 Å². The number of aliphatic hydroxyl groups excluding tert-OH is 1. The van der Waals surface area contributed by atoms with Crippen LogP contribution in [0.4, 0.5) is 0 Å². The lowest BCUT2D eigenvalue weighted by Gasteiger charge is -2.35. The highest BCUT2D eigenvalue weighted by Crippen LogP contribution is 2.38. The van der Waals surface area contributed by atoms with Crippen LogP contribution in [-0.2, 0) is 0 Å². The van der Waals surface area contributed by atoms with Crippen molar-refractivity contribution in [2.45, 2.75) is 38.9 Å². The highest BCUT2D eigenvalue weighted by Gasteiger charge is 2.38. The molecule has 0 radical (unpaired) electrons. The molecule has 0 aromatic heterocycles. The Hall–Kier alpha value is -0.243. The molecule has 0 saturated heterocycles. The summed E-state index contributed by atoms with van der Waals surface area (Å²) < 4.78 is 0. The monoisotopic (exact) mass is 158 g/mol. The van der Waals surface area contributed by atoms with E-state index in [1.165, 1.54) is 0 Å². The Balaban J connectivity index is 4.57.